The van der Waals surface area contributed by atoms with Gasteiger partial charge in [-0.25, -0.2) is 0 Å². The van der Waals surface area contributed by atoms with Crippen molar-refractivity contribution in [3.05, 3.63) is 66.2 Å². The van der Waals surface area contributed by atoms with Crippen LogP contribution in [0.3, 0.4) is 0 Å². The van der Waals surface area contributed by atoms with E-state index in [1.807, 2.05) is 55.5 Å². The summed E-state index contributed by atoms with van der Waals surface area (Å²) < 4.78 is 0. The first-order valence-corrected chi connectivity index (χ1v) is 6.81. The van der Waals surface area contributed by atoms with Crippen molar-refractivity contribution in [3.8, 4) is 0 Å². The molecule has 2 rings (SSSR count). The summed E-state index contributed by atoms with van der Waals surface area (Å²) in [4.78, 5) is 16.2. The Morgan fingerprint density at radius 3 is 2.05 bits per heavy atom. The lowest BCUT2D eigenvalue weighted by Crippen LogP contribution is -2.12. The third-order valence-electron chi connectivity index (χ3n) is 3.26. The van der Waals surface area contributed by atoms with Gasteiger partial charge in [0.15, 0.2) is 0 Å². The molecule has 0 fully saturated rings. The first-order valence-electron chi connectivity index (χ1n) is 6.81. The Morgan fingerprint density at radius 1 is 0.950 bits per heavy atom. The van der Waals surface area contributed by atoms with Crippen LogP contribution < -0.4 is 0 Å². The number of hydrogen-bond donors (Lipinski definition) is 0. The molecule has 0 bridgehead atoms. The maximum absolute atomic E-state index is 11.5. The lowest BCUT2D eigenvalue weighted by atomic mass is 9.90. The summed E-state index contributed by atoms with van der Waals surface area (Å²) in [7, 11) is 0. The highest BCUT2D eigenvalue weighted by molar-refractivity contribution is 5.94. The first kappa shape index (κ1) is 14.2. The second-order valence-corrected chi connectivity index (χ2v) is 4.96. The van der Waals surface area contributed by atoms with Crippen LogP contribution in [0, 0.1) is 0 Å². The summed E-state index contributed by atoms with van der Waals surface area (Å²) in [5, 5.41) is 0. The van der Waals surface area contributed by atoms with Gasteiger partial charge in [0.1, 0.15) is 5.78 Å². The molecule has 1 unspecified atom stereocenters. The molecule has 2 nitrogen and oxygen atoms in total. The minimum absolute atomic E-state index is 0.0499. The average Bonchev–Trinajstić information content (AvgIpc) is 2.46. The molecule has 0 spiro atoms. The number of benzene rings is 2. The highest BCUT2D eigenvalue weighted by Gasteiger charge is 2.16. The fourth-order valence-corrected chi connectivity index (χ4v) is 2.26. The maximum atomic E-state index is 11.5. The van der Waals surface area contributed by atoms with Gasteiger partial charge in [0, 0.05) is 18.1 Å². The zero-order valence-electron chi connectivity index (χ0n) is 11.9. The summed E-state index contributed by atoms with van der Waals surface area (Å²) in [5.41, 5.74) is 3.03. The van der Waals surface area contributed by atoms with Crippen LogP contribution in [0.1, 0.15) is 31.7 Å². The van der Waals surface area contributed by atoms with E-state index in [4.69, 9.17) is 0 Å². The minimum atomic E-state index is 0.0499. The first-order chi connectivity index (χ1) is 9.66. The molecular formula is C18H19NO. The molecule has 0 heterocycles. The van der Waals surface area contributed by atoms with E-state index < -0.39 is 0 Å². The van der Waals surface area contributed by atoms with E-state index in [0.29, 0.717) is 6.42 Å². The van der Waals surface area contributed by atoms with Crippen molar-refractivity contribution < 1.29 is 4.79 Å². The maximum Gasteiger partial charge on any atom is 0.130 e. The number of hydrogen-bond acceptors (Lipinski definition) is 2. The number of aliphatic imine (C=N–C) groups is 1. The smallest absolute Gasteiger partial charge is 0.130 e. The lowest BCUT2D eigenvalue weighted by molar-refractivity contribution is -0.117. The van der Waals surface area contributed by atoms with Crippen molar-refractivity contribution in [1.82, 2.24) is 0 Å². The van der Waals surface area contributed by atoms with Gasteiger partial charge in [-0.1, -0.05) is 48.5 Å². The summed E-state index contributed by atoms with van der Waals surface area (Å²) in [5.74, 6) is 0.232. The van der Waals surface area contributed by atoms with Crippen LogP contribution >= 0.6 is 0 Å². The van der Waals surface area contributed by atoms with E-state index in [1.54, 1.807) is 6.92 Å². The van der Waals surface area contributed by atoms with Gasteiger partial charge in [0.05, 0.1) is 5.69 Å². The van der Waals surface area contributed by atoms with Gasteiger partial charge in [-0.15, -0.1) is 0 Å². The van der Waals surface area contributed by atoms with E-state index in [9.17, 15) is 4.79 Å². The van der Waals surface area contributed by atoms with Crippen LogP contribution in [0.25, 0.3) is 0 Å². The average molecular weight is 265 g/mol. The van der Waals surface area contributed by atoms with Crippen molar-refractivity contribution in [2.75, 3.05) is 0 Å². The van der Waals surface area contributed by atoms with E-state index in [1.165, 1.54) is 0 Å². The Labute approximate surface area is 120 Å². The van der Waals surface area contributed by atoms with Gasteiger partial charge in [-0.3, -0.25) is 9.79 Å². The van der Waals surface area contributed by atoms with Crippen LogP contribution in [0.4, 0.5) is 5.69 Å². The highest BCUT2D eigenvalue weighted by Crippen LogP contribution is 2.24. The van der Waals surface area contributed by atoms with Crippen LogP contribution in [0.5, 0.6) is 0 Å². The van der Waals surface area contributed by atoms with Crippen LogP contribution in [-0.4, -0.2) is 11.5 Å². The molecule has 2 heteroatoms. The Hall–Kier alpha value is -2.22. The number of Topliss-reactive ketones (excluding diaryl/α,β-unsaturated/α-hetero) is 1. The SMILES string of the molecule is CC(=O)CC(C(C)=Nc1ccccc1)c1ccccc1. The third kappa shape index (κ3) is 3.89. The fourth-order valence-electron chi connectivity index (χ4n) is 2.26. The molecule has 102 valence electrons. The topological polar surface area (TPSA) is 29.4 Å². The molecule has 2 aromatic carbocycles. The lowest BCUT2D eigenvalue weighted by Gasteiger charge is -2.16. The summed E-state index contributed by atoms with van der Waals surface area (Å²) in [6.45, 7) is 3.62. The Bertz CT molecular complexity index is 587. The second kappa shape index (κ2) is 6.80. The molecule has 0 N–H and O–H groups in total. The Morgan fingerprint density at radius 2 is 1.50 bits per heavy atom. The van der Waals surface area contributed by atoms with Gasteiger partial charge >= 0.3 is 0 Å². The number of carbonyl (C=O) groups is 1. The molecule has 2 aromatic rings. The summed E-state index contributed by atoms with van der Waals surface area (Å²) in [6, 6.07) is 19.9. The standard InChI is InChI=1S/C18H19NO/c1-14(20)13-18(16-9-5-3-6-10-16)15(2)19-17-11-7-4-8-12-17/h3-12,18H,13H2,1-2H3. The van der Waals surface area contributed by atoms with Crippen LogP contribution in [-0.2, 0) is 4.79 Å². The molecule has 0 aromatic heterocycles. The van der Waals surface area contributed by atoms with Gasteiger partial charge in [0.25, 0.3) is 0 Å². The van der Waals surface area contributed by atoms with Gasteiger partial charge in [-0.2, -0.15) is 0 Å². The normalized spacial score (nSPS) is 13.0. The molecule has 0 saturated heterocycles. The number of para-hydroxylation sites is 1. The van der Waals surface area contributed by atoms with E-state index in [-0.39, 0.29) is 11.7 Å². The van der Waals surface area contributed by atoms with Crippen LogP contribution in [0.2, 0.25) is 0 Å². The third-order valence-corrected chi connectivity index (χ3v) is 3.26. The Balaban J connectivity index is 2.32. The quantitative estimate of drug-likeness (QED) is 0.730. The molecule has 20 heavy (non-hydrogen) atoms. The molecule has 0 aliphatic rings. The molecule has 0 aliphatic carbocycles. The van der Waals surface area contributed by atoms with E-state index in [2.05, 4.69) is 17.1 Å². The predicted molar refractivity (Wildman–Crippen MR) is 83.7 cm³/mol. The van der Waals surface area contributed by atoms with Crippen molar-refractivity contribution in [1.29, 1.82) is 0 Å². The summed E-state index contributed by atoms with van der Waals surface area (Å²) in [6.07, 6.45) is 0.492. The zero-order valence-corrected chi connectivity index (χ0v) is 11.9. The largest absolute Gasteiger partial charge is 0.300 e. The van der Waals surface area contributed by atoms with Crippen molar-refractivity contribution in [3.63, 3.8) is 0 Å². The van der Waals surface area contributed by atoms with Crippen molar-refractivity contribution in [2.24, 2.45) is 4.99 Å². The van der Waals surface area contributed by atoms with Crippen LogP contribution in [0.15, 0.2) is 65.7 Å². The van der Waals surface area contributed by atoms with Crippen molar-refractivity contribution >= 4 is 17.2 Å². The summed E-state index contributed by atoms with van der Waals surface area (Å²) >= 11 is 0. The monoisotopic (exact) mass is 265 g/mol. The zero-order chi connectivity index (χ0) is 14.4. The molecule has 1 atom stereocenters. The van der Waals surface area contributed by atoms with Gasteiger partial charge in [-0.05, 0) is 31.5 Å². The predicted octanol–water partition coefficient (Wildman–Crippen LogP) is 4.54. The van der Waals surface area contributed by atoms with Gasteiger partial charge < -0.3 is 0 Å². The molecule has 0 saturated carbocycles. The van der Waals surface area contributed by atoms with Crippen molar-refractivity contribution in [2.45, 2.75) is 26.2 Å². The fraction of sp³-hybridized carbons (Fsp3) is 0.222. The Kier molecular flexibility index (Phi) is 4.83. The highest BCUT2D eigenvalue weighted by atomic mass is 16.1. The number of nitrogens with zero attached hydrogens (tertiary/aromatic N) is 1. The molecule has 0 radical (unpaired) electrons. The molecule has 0 aliphatic heterocycles. The number of rotatable bonds is 5. The number of ketones is 1. The molecular weight excluding hydrogens is 246 g/mol. The number of carbonyl (C=O) groups excluding carboxylic acids is 1. The minimum Gasteiger partial charge on any atom is -0.300 e. The molecule has 0 amide bonds. The van der Waals surface area contributed by atoms with E-state index >= 15 is 0 Å². The second-order valence-electron chi connectivity index (χ2n) is 4.96. The van der Waals surface area contributed by atoms with Gasteiger partial charge in [0.2, 0.25) is 0 Å². The van der Waals surface area contributed by atoms with E-state index in [0.717, 1.165) is 17.0 Å².